The van der Waals surface area contributed by atoms with Crippen LogP contribution < -0.4 is 5.73 Å². The smallest absolute Gasteiger partial charge is 0.205 e. The van der Waals surface area contributed by atoms with Crippen molar-refractivity contribution < 1.29 is 0 Å². The molecule has 0 aliphatic carbocycles. The number of aromatic nitrogens is 5. The lowest BCUT2D eigenvalue weighted by Gasteiger charge is -2.09. The Bertz CT molecular complexity index is 931. The van der Waals surface area contributed by atoms with Crippen LogP contribution in [0.25, 0.3) is 33.4 Å². The highest BCUT2D eigenvalue weighted by Gasteiger charge is 2.18. The quantitative estimate of drug-likeness (QED) is 0.591. The zero-order valence-corrected chi connectivity index (χ0v) is 11.6. The molecule has 0 aliphatic heterocycles. The van der Waals surface area contributed by atoms with Gasteiger partial charge in [-0.1, -0.05) is 30.3 Å². The van der Waals surface area contributed by atoms with E-state index in [0.29, 0.717) is 11.5 Å². The third-order valence-electron chi connectivity index (χ3n) is 3.52. The molecule has 0 atom stereocenters. The molecule has 6 nitrogen and oxygen atoms in total. The number of rotatable bonds is 2. The van der Waals surface area contributed by atoms with Gasteiger partial charge in [0, 0.05) is 23.5 Å². The summed E-state index contributed by atoms with van der Waals surface area (Å²) in [5, 5.41) is 16.2. The molecule has 0 saturated heterocycles. The fourth-order valence-corrected chi connectivity index (χ4v) is 2.53. The van der Waals surface area contributed by atoms with Crippen LogP contribution in [-0.2, 0) is 0 Å². The molecule has 6 heteroatoms. The van der Waals surface area contributed by atoms with E-state index in [1.165, 1.54) is 0 Å². The van der Waals surface area contributed by atoms with E-state index in [-0.39, 0.29) is 0 Å². The highest BCUT2D eigenvalue weighted by Crippen LogP contribution is 2.36. The van der Waals surface area contributed by atoms with Gasteiger partial charge >= 0.3 is 0 Å². The Morgan fingerprint density at radius 3 is 2.41 bits per heavy atom. The van der Waals surface area contributed by atoms with Crippen molar-refractivity contribution in [2.45, 2.75) is 0 Å². The molecule has 4 rings (SSSR count). The molecule has 22 heavy (non-hydrogen) atoms. The molecule has 0 saturated carbocycles. The maximum Gasteiger partial charge on any atom is 0.205 e. The zero-order valence-electron chi connectivity index (χ0n) is 11.6. The van der Waals surface area contributed by atoms with E-state index in [9.17, 15) is 0 Å². The molecule has 4 aromatic rings. The maximum atomic E-state index is 6.06. The predicted molar refractivity (Wildman–Crippen MR) is 84.8 cm³/mol. The van der Waals surface area contributed by atoms with Crippen LogP contribution in [0.2, 0.25) is 0 Å². The van der Waals surface area contributed by atoms with Gasteiger partial charge in [-0.05, 0) is 17.7 Å². The van der Waals surface area contributed by atoms with Crippen molar-refractivity contribution in [1.29, 1.82) is 0 Å². The van der Waals surface area contributed by atoms with E-state index >= 15 is 0 Å². The number of nitrogens with one attached hydrogen (secondary N) is 1. The van der Waals surface area contributed by atoms with Crippen LogP contribution in [0.15, 0.2) is 54.9 Å². The van der Waals surface area contributed by atoms with Crippen LogP contribution in [0.4, 0.5) is 5.82 Å². The molecule has 106 valence electrons. The van der Waals surface area contributed by atoms with Crippen molar-refractivity contribution in [1.82, 2.24) is 25.4 Å². The number of nitrogen functional groups attached to an aromatic ring is 1. The molecular weight excluding hydrogens is 276 g/mol. The van der Waals surface area contributed by atoms with E-state index in [2.05, 4.69) is 25.4 Å². The lowest BCUT2D eigenvalue weighted by Crippen LogP contribution is -1.96. The zero-order chi connectivity index (χ0) is 14.9. The second-order valence-electron chi connectivity index (χ2n) is 4.86. The molecule has 3 N–H and O–H groups in total. The first kappa shape index (κ1) is 12.5. The average molecular weight is 288 g/mol. The third-order valence-corrected chi connectivity index (χ3v) is 3.52. The molecule has 0 spiro atoms. The summed E-state index contributed by atoms with van der Waals surface area (Å²) in [6.07, 6.45) is 3.49. The van der Waals surface area contributed by atoms with Crippen LogP contribution >= 0.6 is 0 Å². The number of nitrogens with two attached hydrogens (primary N) is 1. The number of nitrogens with zero attached hydrogens (tertiary/aromatic N) is 4. The van der Waals surface area contributed by atoms with Crippen LogP contribution in [0.1, 0.15) is 0 Å². The van der Waals surface area contributed by atoms with Crippen molar-refractivity contribution in [2.24, 2.45) is 0 Å². The summed E-state index contributed by atoms with van der Waals surface area (Å²) >= 11 is 0. The summed E-state index contributed by atoms with van der Waals surface area (Å²) in [6.45, 7) is 0. The van der Waals surface area contributed by atoms with Crippen LogP contribution in [0.3, 0.4) is 0 Å². The lowest BCUT2D eigenvalue weighted by molar-refractivity contribution is 1.03. The molecule has 0 amide bonds. The van der Waals surface area contributed by atoms with Crippen LogP contribution in [0.5, 0.6) is 0 Å². The van der Waals surface area contributed by atoms with Crippen molar-refractivity contribution in [2.75, 3.05) is 5.73 Å². The first-order chi connectivity index (χ1) is 10.8. The molecule has 0 unspecified atom stereocenters. The lowest BCUT2D eigenvalue weighted by atomic mass is 9.98. The van der Waals surface area contributed by atoms with E-state index in [1.807, 2.05) is 42.5 Å². The van der Waals surface area contributed by atoms with Crippen LogP contribution in [-0.4, -0.2) is 25.4 Å². The summed E-state index contributed by atoms with van der Waals surface area (Å²) in [5.74, 6) is 0.480. The van der Waals surface area contributed by atoms with E-state index < -0.39 is 0 Å². The minimum atomic E-state index is 0.480. The highest BCUT2D eigenvalue weighted by atomic mass is 15.2. The van der Waals surface area contributed by atoms with Crippen molar-refractivity contribution in [3.63, 3.8) is 0 Å². The van der Waals surface area contributed by atoms with Gasteiger partial charge in [-0.2, -0.15) is 5.10 Å². The summed E-state index contributed by atoms with van der Waals surface area (Å²) < 4.78 is 0. The van der Waals surface area contributed by atoms with Gasteiger partial charge < -0.3 is 5.73 Å². The number of aromatic amines is 1. The Hall–Kier alpha value is -3.28. The van der Waals surface area contributed by atoms with E-state index in [1.54, 1.807) is 12.4 Å². The van der Waals surface area contributed by atoms with Gasteiger partial charge in [-0.15, -0.1) is 10.2 Å². The molecule has 0 aliphatic rings. The van der Waals surface area contributed by atoms with Crippen molar-refractivity contribution in [3.05, 3.63) is 54.9 Å². The van der Waals surface area contributed by atoms with E-state index in [4.69, 9.17) is 5.73 Å². The van der Waals surface area contributed by atoms with Crippen molar-refractivity contribution in [3.8, 4) is 22.4 Å². The molecule has 0 radical (unpaired) electrons. The first-order valence-corrected chi connectivity index (χ1v) is 6.80. The second kappa shape index (κ2) is 4.92. The average Bonchev–Trinajstić information content (AvgIpc) is 2.97. The molecule has 3 heterocycles. The Morgan fingerprint density at radius 2 is 1.64 bits per heavy atom. The Morgan fingerprint density at radius 1 is 0.864 bits per heavy atom. The standard InChI is InChI=1S/C16H12N6/c17-15-13-12(10-6-8-18-9-7-10)14(11-4-2-1-3-5-11)19-21-16(13)22-20-15/h1-9H,(H3,17,20,21,22). The largest absolute Gasteiger partial charge is 0.383 e. The number of pyridine rings is 1. The number of benzene rings is 1. The highest BCUT2D eigenvalue weighted by molar-refractivity contribution is 6.04. The number of H-pyrrole nitrogens is 1. The van der Waals surface area contributed by atoms with Crippen LogP contribution in [0, 0.1) is 0 Å². The molecule has 1 aromatic carbocycles. The minimum absolute atomic E-state index is 0.480. The Balaban J connectivity index is 2.11. The first-order valence-electron chi connectivity index (χ1n) is 6.80. The van der Waals surface area contributed by atoms with Gasteiger partial charge in [-0.3, -0.25) is 10.1 Å². The maximum absolute atomic E-state index is 6.06. The topological polar surface area (TPSA) is 93.4 Å². The summed E-state index contributed by atoms with van der Waals surface area (Å²) in [6, 6.07) is 13.7. The molecule has 0 bridgehead atoms. The number of anilines is 1. The second-order valence-corrected chi connectivity index (χ2v) is 4.86. The number of hydrogen-bond donors (Lipinski definition) is 2. The third kappa shape index (κ3) is 1.89. The van der Waals surface area contributed by atoms with Gasteiger partial charge in [-0.25, -0.2) is 0 Å². The summed E-state index contributed by atoms with van der Waals surface area (Å²) in [4.78, 5) is 4.07. The number of hydrogen-bond acceptors (Lipinski definition) is 5. The summed E-state index contributed by atoms with van der Waals surface area (Å²) in [7, 11) is 0. The molecule has 3 aromatic heterocycles. The normalized spacial score (nSPS) is 10.9. The predicted octanol–water partition coefficient (Wildman–Crippen LogP) is 2.66. The van der Waals surface area contributed by atoms with Gasteiger partial charge in [0.15, 0.2) is 0 Å². The summed E-state index contributed by atoms with van der Waals surface area (Å²) in [5.41, 5.74) is 10.2. The molecular formula is C16H12N6. The van der Waals surface area contributed by atoms with Gasteiger partial charge in [0.05, 0.1) is 5.39 Å². The minimum Gasteiger partial charge on any atom is -0.383 e. The SMILES string of the molecule is Nc1[nH]nc2nnc(-c3ccccc3)c(-c3ccncc3)c12. The fourth-order valence-electron chi connectivity index (χ4n) is 2.53. The van der Waals surface area contributed by atoms with Gasteiger partial charge in [0.1, 0.15) is 11.5 Å². The van der Waals surface area contributed by atoms with E-state index in [0.717, 1.165) is 27.8 Å². The monoisotopic (exact) mass is 288 g/mol. The Kier molecular flexibility index (Phi) is 2.79. The van der Waals surface area contributed by atoms with Gasteiger partial charge in [0.25, 0.3) is 0 Å². The molecule has 0 fully saturated rings. The van der Waals surface area contributed by atoms with Crippen molar-refractivity contribution >= 4 is 16.9 Å². The number of fused-ring (bicyclic) bond motifs is 1. The van der Waals surface area contributed by atoms with Gasteiger partial charge in [0.2, 0.25) is 5.65 Å². The fraction of sp³-hybridized carbons (Fsp3) is 0. The Labute approximate surface area is 126 Å².